The fourth-order valence-electron chi connectivity index (χ4n) is 1.67. The lowest BCUT2D eigenvalue weighted by atomic mass is 10.2. The predicted molar refractivity (Wildman–Crippen MR) is 73.8 cm³/mol. The van der Waals surface area contributed by atoms with Gasteiger partial charge in [0.25, 0.3) is 0 Å². The summed E-state index contributed by atoms with van der Waals surface area (Å²) in [5, 5.41) is 13.1. The molecule has 0 aliphatic heterocycles. The standard InChI is InChI=1S/C13H21ClN2O/c1-10(17)6-7-16(3)13-5-4-11(9-15-2)8-12(13)14/h4-5,8,10,15,17H,6-7,9H2,1-3H3. The molecule has 2 N–H and O–H groups in total. The van der Waals surface area contributed by atoms with E-state index in [1.807, 2.05) is 26.2 Å². The highest BCUT2D eigenvalue weighted by Crippen LogP contribution is 2.26. The van der Waals surface area contributed by atoms with Crippen molar-refractivity contribution < 1.29 is 5.11 Å². The second-order valence-corrected chi connectivity index (χ2v) is 4.78. The summed E-state index contributed by atoms with van der Waals surface area (Å²) in [6, 6.07) is 6.07. The summed E-state index contributed by atoms with van der Waals surface area (Å²) in [6.45, 7) is 3.41. The Morgan fingerprint density at radius 1 is 1.47 bits per heavy atom. The van der Waals surface area contributed by atoms with Gasteiger partial charge in [0, 0.05) is 20.1 Å². The predicted octanol–water partition coefficient (Wildman–Crippen LogP) is 2.27. The summed E-state index contributed by atoms with van der Waals surface area (Å²) in [6.07, 6.45) is 0.463. The molecule has 0 fully saturated rings. The van der Waals surface area contributed by atoms with E-state index in [2.05, 4.69) is 16.3 Å². The van der Waals surface area contributed by atoms with Gasteiger partial charge in [0.2, 0.25) is 0 Å². The zero-order valence-corrected chi connectivity index (χ0v) is 11.5. The third-order valence-electron chi connectivity index (χ3n) is 2.69. The molecule has 4 heteroatoms. The number of hydrogen-bond donors (Lipinski definition) is 2. The molecule has 1 aromatic carbocycles. The number of nitrogens with one attached hydrogen (secondary N) is 1. The van der Waals surface area contributed by atoms with Gasteiger partial charge in [-0.15, -0.1) is 0 Å². The van der Waals surface area contributed by atoms with Crippen molar-refractivity contribution in [3.8, 4) is 0 Å². The number of aliphatic hydroxyl groups excluding tert-OH is 1. The highest BCUT2D eigenvalue weighted by molar-refractivity contribution is 6.33. The number of hydrogen-bond acceptors (Lipinski definition) is 3. The van der Waals surface area contributed by atoms with Crippen molar-refractivity contribution in [2.24, 2.45) is 0 Å². The lowest BCUT2D eigenvalue weighted by Gasteiger charge is -2.21. The Morgan fingerprint density at radius 3 is 2.71 bits per heavy atom. The van der Waals surface area contributed by atoms with Crippen molar-refractivity contribution in [1.29, 1.82) is 0 Å². The summed E-state index contributed by atoms with van der Waals surface area (Å²) >= 11 is 6.24. The van der Waals surface area contributed by atoms with E-state index in [4.69, 9.17) is 11.6 Å². The second-order valence-electron chi connectivity index (χ2n) is 4.38. The quantitative estimate of drug-likeness (QED) is 0.820. The van der Waals surface area contributed by atoms with E-state index in [9.17, 15) is 5.11 Å². The van der Waals surface area contributed by atoms with Crippen LogP contribution in [0.25, 0.3) is 0 Å². The van der Waals surface area contributed by atoms with Crippen LogP contribution in [-0.2, 0) is 6.54 Å². The maximum atomic E-state index is 9.26. The Balaban J connectivity index is 2.70. The van der Waals surface area contributed by atoms with Crippen LogP contribution >= 0.6 is 11.6 Å². The van der Waals surface area contributed by atoms with Crippen LogP contribution in [0.15, 0.2) is 18.2 Å². The Morgan fingerprint density at radius 2 is 2.18 bits per heavy atom. The van der Waals surface area contributed by atoms with Gasteiger partial charge in [-0.1, -0.05) is 17.7 Å². The topological polar surface area (TPSA) is 35.5 Å². The Kier molecular flexibility index (Phi) is 5.75. The average Bonchev–Trinajstić information content (AvgIpc) is 2.26. The molecule has 0 amide bonds. The Bertz CT molecular complexity index is 355. The number of anilines is 1. The molecule has 96 valence electrons. The van der Waals surface area contributed by atoms with Gasteiger partial charge in [-0.2, -0.15) is 0 Å². The van der Waals surface area contributed by atoms with Crippen LogP contribution in [0.5, 0.6) is 0 Å². The zero-order chi connectivity index (χ0) is 12.8. The SMILES string of the molecule is CNCc1ccc(N(C)CCC(C)O)c(Cl)c1. The molecule has 0 aromatic heterocycles. The highest BCUT2D eigenvalue weighted by atomic mass is 35.5. The van der Waals surface area contributed by atoms with Crippen LogP contribution in [0.3, 0.4) is 0 Å². The van der Waals surface area contributed by atoms with Crippen molar-refractivity contribution in [1.82, 2.24) is 5.32 Å². The van der Waals surface area contributed by atoms with Crippen molar-refractivity contribution in [3.05, 3.63) is 28.8 Å². The Labute approximate surface area is 108 Å². The maximum absolute atomic E-state index is 9.26. The molecule has 0 radical (unpaired) electrons. The molecule has 1 unspecified atom stereocenters. The Hall–Kier alpha value is -0.770. The van der Waals surface area contributed by atoms with Crippen LogP contribution in [0.4, 0.5) is 5.69 Å². The molecule has 1 aromatic rings. The van der Waals surface area contributed by atoms with Crippen molar-refractivity contribution in [2.75, 3.05) is 25.5 Å². The number of benzene rings is 1. The molecule has 1 rings (SSSR count). The smallest absolute Gasteiger partial charge is 0.0642 e. The molecule has 0 heterocycles. The molecule has 1 atom stereocenters. The number of rotatable bonds is 6. The first-order valence-electron chi connectivity index (χ1n) is 5.86. The van der Waals surface area contributed by atoms with E-state index in [-0.39, 0.29) is 6.10 Å². The highest BCUT2D eigenvalue weighted by Gasteiger charge is 2.07. The van der Waals surface area contributed by atoms with E-state index in [0.29, 0.717) is 0 Å². The van der Waals surface area contributed by atoms with Gasteiger partial charge >= 0.3 is 0 Å². The van der Waals surface area contributed by atoms with Gasteiger partial charge in [-0.3, -0.25) is 0 Å². The number of aliphatic hydroxyl groups is 1. The molecular formula is C13H21ClN2O. The molecule has 0 saturated heterocycles. The maximum Gasteiger partial charge on any atom is 0.0642 e. The van der Waals surface area contributed by atoms with Crippen molar-refractivity contribution >= 4 is 17.3 Å². The molecular weight excluding hydrogens is 236 g/mol. The van der Waals surface area contributed by atoms with Gasteiger partial charge in [0.15, 0.2) is 0 Å². The van der Waals surface area contributed by atoms with Gasteiger partial charge in [0.05, 0.1) is 16.8 Å². The van der Waals surface area contributed by atoms with Crippen molar-refractivity contribution in [3.63, 3.8) is 0 Å². The lowest BCUT2D eigenvalue weighted by Crippen LogP contribution is -2.22. The lowest BCUT2D eigenvalue weighted by molar-refractivity contribution is 0.187. The first kappa shape index (κ1) is 14.3. The summed E-state index contributed by atoms with van der Waals surface area (Å²) in [7, 11) is 3.90. The van der Waals surface area contributed by atoms with E-state index in [1.165, 1.54) is 5.56 Å². The molecule has 0 spiro atoms. The van der Waals surface area contributed by atoms with E-state index in [0.717, 1.165) is 30.2 Å². The van der Waals surface area contributed by atoms with Gasteiger partial charge in [-0.25, -0.2) is 0 Å². The minimum absolute atomic E-state index is 0.278. The minimum atomic E-state index is -0.278. The molecule has 0 aliphatic rings. The summed E-state index contributed by atoms with van der Waals surface area (Å²) in [4.78, 5) is 2.07. The van der Waals surface area contributed by atoms with Crippen LogP contribution in [0.1, 0.15) is 18.9 Å². The van der Waals surface area contributed by atoms with E-state index < -0.39 is 0 Å². The molecule has 0 saturated carbocycles. The fourth-order valence-corrected chi connectivity index (χ4v) is 2.02. The third kappa shape index (κ3) is 4.54. The average molecular weight is 257 g/mol. The largest absolute Gasteiger partial charge is 0.393 e. The van der Waals surface area contributed by atoms with Gasteiger partial charge in [-0.05, 0) is 38.1 Å². The molecule has 0 bridgehead atoms. The van der Waals surface area contributed by atoms with Gasteiger partial charge in [0.1, 0.15) is 0 Å². The fraction of sp³-hybridized carbons (Fsp3) is 0.538. The van der Waals surface area contributed by atoms with Crippen molar-refractivity contribution in [2.45, 2.75) is 26.0 Å². The zero-order valence-electron chi connectivity index (χ0n) is 10.7. The normalized spacial score (nSPS) is 12.5. The monoisotopic (exact) mass is 256 g/mol. The van der Waals surface area contributed by atoms with Crippen LogP contribution in [0.2, 0.25) is 5.02 Å². The van der Waals surface area contributed by atoms with Crippen LogP contribution in [-0.4, -0.2) is 31.9 Å². The summed E-state index contributed by atoms with van der Waals surface area (Å²) in [5.74, 6) is 0. The van der Waals surface area contributed by atoms with E-state index >= 15 is 0 Å². The third-order valence-corrected chi connectivity index (χ3v) is 2.99. The first-order chi connectivity index (χ1) is 8.04. The molecule has 17 heavy (non-hydrogen) atoms. The van der Waals surface area contributed by atoms with Crippen LogP contribution in [0, 0.1) is 0 Å². The number of halogens is 1. The molecule has 0 aliphatic carbocycles. The van der Waals surface area contributed by atoms with Crippen LogP contribution < -0.4 is 10.2 Å². The number of nitrogens with zero attached hydrogens (tertiary/aromatic N) is 1. The second kappa shape index (κ2) is 6.84. The summed E-state index contributed by atoms with van der Waals surface area (Å²) in [5.41, 5.74) is 2.18. The van der Waals surface area contributed by atoms with Gasteiger partial charge < -0.3 is 15.3 Å². The summed E-state index contributed by atoms with van der Waals surface area (Å²) < 4.78 is 0. The minimum Gasteiger partial charge on any atom is -0.393 e. The van der Waals surface area contributed by atoms with E-state index in [1.54, 1.807) is 6.92 Å². The molecule has 3 nitrogen and oxygen atoms in total. The first-order valence-corrected chi connectivity index (χ1v) is 6.24.